The molecule has 1 fully saturated rings. The van der Waals surface area contributed by atoms with Crippen molar-refractivity contribution in [1.29, 1.82) is 0 Å². The van der Waals surface area contributed by atoms with Gasteiger partial charge in [0.1, 0.15) is 0 Å². The predicted molar refractivity (Wildman–Crippen MR) is 65.7 cm³/mol. The molecule has 1 atom stereocenters. The molecule has 0 amide bonds. The highest BCUT2D eigenvalue weighted by Gasteiger charge is 2.23. The molecule has 0 radical (unpaired) electrons. The first-order valence-corrected chi connectivity index (χ1v) is 5.58. The van der Waals surface area contributed by atoms with Crippen LogP contribution in [0.2, 0.25) is 0 Å². The highest BCUT2D eigenvalue weighted by Crippen LogP contribution is 2.31. The van der Waals surface area contributed by atoms with Gasteiger partial charge in [0.2, 0.25) is 0 Å². The molecule has 0 aromatic heterocycles. The summed E-state index contributed by atoms with van der Waals surface area (Å²) in [4.78, 5) is 0. The minimum absolute atomic E-state index is 0.529. The smallest absolute Gasteiger partial charge is 0.0568 e. The Balaban J connectivity index is 2.00. The van der Waals surface area contributed by atoms with Gasteiger partial charge in [-0.25, -0.2) is 0 Å². The molecular weight excluding hydrogens is 186 g/mol. The molecule has 3 heteroatoms. The second-order valence-corrected chi connectivity index (χ2v) is 4.47. The van der Waals surface area contributed by atoms with E-state index in [0.29, 0.717) is 17.4 Å². The molecule has 0 aliphatic heterocycles. The van der Waals surface area contributed by atoms with Crippen LogP contribution in [0.1, 0.15) is 26.2 Å². The van der Waals surface area contributed by atoms with Crippen molar-refractivity contribution in [3.05, 3.63) is 18.2 Å². The molecule has 0 spiro atoms. The molecule has 82 valence electrons. The third-order valence-electron chi connectivity index (χ3n) is 3.34. The number of nitrogen functional groups attached to an aromatic ring is 2. The number of anilines is 3. The molecule has 15 heavy (non-hydrogen) atoms. The maximum absolute atomic E-state index is 5.75. The third kappa shape index (κ3) is 2.17. The summed E-state index contributed by atoms with van der Waals surface area (Å²) in [6.07, 6.45) is 4.07. The van der Waals surface area contributed by atoms with Gasteiger partial charge in [-0.05, 0) is 43.9 Å². The van der Waals surface area contributed by atoms with Gasteiger partial charge in [-0.1, -0.05) is 6.42 Å². The SMILES string of the molecule is CC(Nc1ccc(N)c(N)c1)C1CCC1. The van der Waals surface area contributed by atoms with Crippen LogP contribution in [-0.4, -0.2) is 6.04 Å². The fourth-order valence-electron chi connectivity index (χ4n) is 1.99. The first-order chi connectivity index (χ1) is 7.16. The van der Waals surface area contributed by atoms with Crippen LogP contribution in [0.15, 0.2) is 18.2 Å². The Kier molecular flexibility index (Phi) is 2.71. The van der Waals surface area contributed by atoms with Crippen LogP contribution in [0.5, 0.6) is 0 Å². The van der Waals surface area contributed by atoms with E-state index >= 15 is 0 Å². The minimum atomic E-state index is 0.529. The molecule has 1 aliphatic rings. The lowest BCUT2D eigenvalue weighted by atomic mass is 9.80. The van der Waals surface area contributed by atoms with E-state index in [1.807, 2.05) is 18.2 Å². The molecule has 1 unspecified atom stereocenters. The van der Waals surface area contributed by atoms with E-state index in [1.165, 1.54) is 19.3 Å². The molecule has 0 bridgehead atoms. The van der Waals surface area contributed by atoms with Crippen LogP contribution in [0.4, 0.5) is 17.1 Å². The Morgan fingerprint density at radius 3 is 2.53 bits per heavy atom. The van der Waals surface area contributed by atoms with Gasteiger partial charge in [0.15, 0.2) is 0 Å². The van der Waals surface area contributed by atoms with Crippen molar-refractivity contribution < 1.29 is 0 Å². The van der Waals surface area contributed by atoms with Crippen molar-refractivity contribution in [3.63, 3.8) is 0 Å². The summed E-state index contributed by atoms with van der Waals surface area (Å²) in [5.41, 5.74) is 13.8. The number of hydrogen-bond donors (Lipinski definition) is 3. The largest absolute Gasteiger partial charge is 0.397 e. The highest BCUT2D eigenvalue weighted by molar-refractivity contribution is 5.69. The summed E-state index contributed by atoms with van der Waals surface area (Å²) in [6.45, 7) is 2.23. The van der Waals surface area contributed by atoms with E-state index in [2.05, 4.69) is 12.2 Å². The van der Waals surface area contributed by atoms with E-state index in [-0.39, 0.29) is 0 Å². The van der Waals surface area contributed by atoms with Gasteiger partial charge in [-0.3, -0.25) is 0 Å². The van der Waals surface area contributed by atoms with E-state index in [4.69, 9.17) is 11.5 Å². The zero-order valence-electron chi connectivity index (χ0n) is 9.16. The Morgan fingerprint density at radius 2 is 2.00 bits per heavy atom. The third-order valence-corrected chi connectivity index (χ3v) is 3.34. The first kappa shape index (κ1) is 10.1. The van der Waals surface area contributed by atoms with Gasteiger partial charge in [0.05, 0.1) is 11.4 Å². The summed E-state index contributed by atoms with van der Waals surface area (Å²) < 4.78 is 0. The molecule has 1 aromatic carbocycles. The Morgan fingerprint density at radius 1 is 1.27 bits per heavy atom. The molecule has 2 rings (SSSR count). The molecule has 0 saturated heterocycles. The van der Waals surface area contributed by atoms with Crippen LogP contribution >= 0.6 is 0 Å². The zero-order valence-corrected chi connectivity index (χ0v) is 9.16. The van der Waals surface area contributed by atoms with E-state index in [9.17, 15) is 0 Å². The average Bonchev–Trinajstić information content (AvgIpc) is 2.08. The molecule has 1 aromatic rings. The summed E-state index contributed by atoms with van der Waals surface area (Å²) in [7, 11) is 0. The average molecular weight is 205 g/mol. The van der Waals surface area contributed by atoms with E-state index in [0.717, 1.165) is 11.6 Å². The van der Waals surface area contributed by atoms with Crippen molar-refractivity contribution >= 4 is 17.1 Å². The van der Waals surface area contributed by atoms with E-state index < -0.39 is 0 Å². The standard InChI is InChI=1S/C12H19N3/c1-8(9-3-2-4-9)15-10-5-6-11(13)12(14)7-10/h5-9,15H,2-4,13-14H2,1H3. The molecular formula is C12H19N3. The molecule has 5 N–H and O–H groups in total. The van der Waals surface area contributed by atoms with Gasteiger partial charge >= 0.3 is 0 Å². The van der Waals surface area contributed by atoms with Gasteiger partial charge in [-0.15, -0.1) is 0 Å². The Hall–Kier alpha value is -1.38. The monoisotopic (exact) mass is 205 g/mol. The highest BCUT2D eigenvalue weighted by atomic mass is 14.9. The maximum Gasteiger partial charge on any atom is 0.0568 e. The lowest BCUT2D eigenvalue weighted by molar-refractivity contribution is 0.285. The maximum atomic E-state index is 5.75. The van der Waals surface area contributed by atoms with Crippen molar-refractivity contribution in [2.24, 2.45) is 5.92 Å². The summed E-state index contributed by atoms with van der Waals surface area (Å²) in [5, 5.41) is 3.48. The number of nitrogens with two attached hydrogens (primary N) is 2. The second kappa shape index (κ2) is 4.01. The van der Waals surface area contributed by atoms with Gasteiger partial charge in [0.25, 0.3) is 0 Å². The van der Waals surface area contributed by atoms with E-state index in [1.54, 1.807) is 0 Å². The molecule has 1 saturated carbocycles. The van der Waals surface area contributed by atoms with Gasteiger partial charge in [0, 0.05) is 11.7 Å². The first-order valence-electron chi connectivity index (χ1n) is 5.58. The Bertz CT molecular complexity index is 345. The number of rotatable bonds is 3. The molecule has 3 nitrogen and oxygen atoms in total. The molecule has 1 aliphatic carbocycles. The van der Waals surface area contributed by atoms with Crippen LogP contribution in [0, 0.1) is 5.92 Å². The van der Waals surface area contributed by atoms with Crippen LogP contribution in [0.3, 0.4) is 0 Å². The number of nitrogens with one attached hydrogen (secondary N) is 1. The minimum Gasteiger partial charge on any atom is -0.397 e. The summed E-state index contributed by atoms with van der Waals surface area (Å²) in [5.74, 6) is 0.823. The lowest BCUT2D eigenvalue weighted by Crippen LogP contribution is -2.30. The van der Waals surface area contributed by atoms with Crippen LogP contribution in [-0.2, 0) is 0 Å². The number of benzene rings is 1. The van der Waals surface area contributed by atoms with Crippen molar-refractivity contribution in [3.8, 4) is 0 Å². The zero-order chi connectivity index (χ0) is 10.8. The fraction of sp³-hybridized carbons (Fsp3) is 0.500. The summed E-state index contributed by atoms with van der Waals surface area (Å²) >= 11 is 0. The summed E-state index contributed by atoms with van der Waals surface area (Å²) in [6, 6.07) is 6.28. The van der Waals surface area contributed by atoms with Gasteiger partial charge < -0.3 is 16.8 Å². The Labute approximate surface area is 90.8 Å². The predicted octanol–water partition coefficient (Wildman–Crippen LogP) is 2.45. The normalized spacial score (nSPS) is 18.2. The van der Waals surface area contributed by atoms with Crippen LogP contribution < -0.4 is 16.8 Å². The topological polar surface area (TPSA) is 64.1 Å². The van der Waals surface area contributed by atoms with Crippen molar-refractivity contribution in [1.82, 2.24) is 0 Å². The van der Waals surface area contributed by atoms with Crippen molar-refractivity contribution in [2.75, 3.05) is 16.8 Å². The van der Waals surface area contributed by atoms with Crippen LogP contribution in [0.25, 0.3) is 0 Å². The fourth-order valence-corrected chi connectivity index (χ4v) is 1.99. The van der Waals surface area contributed by atoms with Gasteiger partial charge in [-0.2, -0.15) is 0 Å². The molecule has 0 heterocycles. The van der Waals surface area contributed by atoms with Crippen molar-refractivity contribution in [2.45, 2.75) is 32.2 Å². The second-order valence-electron chi connectivity index (χ2n) is 4.47. The number of hydrogen-bond acceptors (Lipinski definition) is 3. The lowest BCUT2D eigenvalue weighted by Gasteiger charge is -2.32. The quantitative estimate of drug-likeness (QED) is 0.664.